The molecule has 1 aliphatic carbocycles. The van der Waals surface area contributed by atoms with Crippen LogP contribution in [-0.2, 0) is 5.54 Å². The van der Waals surface area contributed by atoms with Crippen molar-refractivity contribution in [2.45, 2.75) is 45.1 Å². The standard InChI is InChI=1S/C21H26N2OS/c1-15-6-9-18(14-16(15)2)22-20(25)23-21(12-4-5-13-21)17-7-10-19(24-3)11-8-17/h6-11,14H,4-5,12-13H2,1-3H3,(H2,22,23,25). The van der Waals surface area contributed by atoms with Gasteiger partial charge >= 0.3 is 0 Å². The molecule has 0 aliphatic heterocycles. The highest BCUT2D eigenvalue weighted by Gasteiger charge is 2.36. The van der Waals surface area contributed by atoms with Crippen LogP contribution in [0, 0.1) is 13.8 Å². The van der Waals surface area contributed by atoms with Gasteiger partial charge in [-0.05, 0) is 79.9 Å². The predicted molar refractivity (Wildman–Crippen MR) is 108 cm³/mol. The average molecular weight is 355 g/mol. The number of methoxy groups -OCH3 is 1. The van der Waals surface area contributed by atoms with Crippen molar-refractivity contribution in [2.75, 3.05) is 12.4 Å². The number of thiocarbonyl (C=S) groups is 1. The Morgan fingerprint density at radius 1 is 1.00 bits per heavy atom. The number of rotatable bonds is 4. The summed E-state index contributed by atoms with van der Waals surface area (Å²) in [5.41, 5.74) is 4.77. The maximum absolute atomic E-state index is 5.62. The highest BCUT2D eigenvalue weighted by Crippen LogP contribution is 2.39. The highest BCUT2D eigenvalue weighted by atomic mass is 32.1. The lowest BCUT2D eigenvalue weighted by molar-refractivity contribution is 0.401. The van der Waals surface area contributed by atoms with E-state index in [0.717, 1.165) is 24.3 Å². The molecule has 0 spiro atoms. The van der Waals surface area contributed by atoms with E-state index in [1.807, 2.05) is 12.1 Å². The Kier molecular flexibility index (Phi) is 5.28. The maximum atomic E-state index is 5.62. The maximum Gasteiger partial charge on any atom is 0.171 e. The molecule has 1 saturated carbocycles. The minimum atomic E-state index is -0.0872. The van der Waals surface area contributed by atoms with Crippen molar-refractivity contribution in [1.82, 2.24) is 5.32 Å². The smallest absolute Gasteiger partial charge is 0.171 e. The van der Waals surface area contributed by atoms with Gasteiger partial charge in [-0.2, -0.15) is 0 Å². The van der Waals surface area contributed by atoms with Gasteiger partial charge in [0.25, 0.3) is 0 Å². The Bertz CT molecular complexity index is 749. The van der Waals surface area contributed by atoms with Crippen molar-refractivity contribution in [2.24, 2.45) is 0 Å². The second-order valence-electron chi connectivity index (χ2n) is 6.90. The zero-order valence-electron chi connectivity index (χ0n) is 15.2. The van der Waals surface area contributed by atoms with Crippen LogP contribution in [0.25, 0.3) is 0 Å². The Hall–Kier alpha value is -2.07. The summed E-state index contributed by atoms with van der Waals surface area (Å²) in [6.07, 6.45) is 4.61. The minimum absolute atomic E-state index is 0.0872. The summed E-state index contributed by atoms with van der Waals surface area (Å²) in [7, 11) is 1.70. The number of hydrogen-bond donors (Lipinski definition) is 2. The van der Waals surface area contributed by atoms with E-state index in [0.29, 0.717) is 5.11 Å². The number of hydrogen-bond acceptors (Lipinski definition) is 2. The van der Waals surface area contributed by atoms with E-state index >= 15 is 0 Å². The summed E-state index contributed by atoms with van der Waals surface area (Å²) >= 11 is 5.62. The molecule has 0 saturated heterocycles. The molecular formula is C21H26N2OS. The fourth-order valence-corrected chi connectivity index (χ4v) is 3.89. The van der Waals surface area contributed by atoms with Crippen LogP contribution in [0.15, 0.2) is 42.5 Å². The molecule has 0 heterocycles. The van der Waals surface area contributed by atoms with Crippen molar-refractivity contribution >= 4 is 23.0 Å². The monoisotopic (exact) mass is 354 g/mol. The summed E-state index contributed by atoms with van der Waals surface area (Å²) in [5.74, 6) is 0.882. The van der Waals surface area contributed by atoms with E-state index in [4.69, 9.17) is 17.0 Å². The topological polar surface area (TPSA) is 33.3 Å². The molecule has 2 aromatic carbocycles. The lowest BCUT2D eigenvalue weighted by Gasteiger charge is -2.32. The average Bonchev–Trinajstić information content (AvgIpc) is 3.08. The van der Waals surface area contributed by atoms with Crippen LogP contribution >= 0.6 is 12.2 Å². The van der Waals surface area contributed by atoms with Crippen LogP contribution < -0.4 is 15.4 Å². The molecule has 0 aromatic heterocycles. The van der Waals surface area contributed by atoms with Gasteiger partial charge in [0.1, 0.15) is 5.75 Å². The summed E-state index contributed by atoms with van der Waals surface area (Å²) in [5, 5.41) is 7.64. The van der Waals surface area contributed by atoms with Gasteiger partial charge in [0.05, 0.1) is 12.6 Å². The second-order valence-corrected chi connectivity index (χ2v) is 7.30. The van der Waals surface area contributed by atoms with E-state index in [9.17, 15) is 0 Å². The van der Waals surface area contributed by atoms with Gasteiger partial charge in [-0.1, -0.05) is 31.0 Å². The molecule has 0 bridgehead atoms. The van der Waals surface area contributed by atoms with E-state index in [1.165, 1.54) is 29.5 Å². The van der Waals surface area contributed by atoms with E-state index in [2.05, 4.69) is 54.8 Å². The second kappa shape index (κ2) is 7.44. The minimum Gasteiger partial charge on any atom is -0.497 e. The van der Waals surface area contributed by atoms with Gasteiger partial charge in [0.2, 0.25) is 0 Å². The quantitative estimate of drug-likeness (QED) is 0.751. The van der Waals surface area contributed by atoms with Crippen LogP contribution in [0.2, 0.25) is 0 Å². The first-order chi connectivity index (χ1) is 12.0. The van der Waals surface area contributed by atoms with Crippen LogP contribution in [0.1, 0.15) is 42.4 Å². The fraction of sp³-hybridized carbons (Fsp3) is 0.381. The van der Waals surface area contributed by atoms with Gasteiger partial charge in [0.15, 0.2) is 5.11 Å². The largest absolute Gasteiger partial charge is 0.497 e. The van der Waals surface area contributed by atoms with E-state index in [-0.39, 0.29) is 5.54 Å². The Morgan fingerprint density at radius 3 is 2.28 bits per heavy atom. The van der Waals surface area contributed by atoms with E-state index in [1.54, 1.807) is 7.11 Å². The Balaban J connectivity index is 1.76. The van der Waals surface area contributed by atoms with Gasteiger partial charge in [-0.3, -0.25) is 0 Å². The first-order valence-corrected chi connectivity index (χ1v) is 9.24. The molecule has 3 rings (SSSR count). The lowest BCUT2D eigenvalue weighted by atomic mass is 9.88. The number of aryl methyl sites for hydroxylation is 2. The molecule has 4 heteroatoms. The van der Waals surface area contributed by atoms with Crippen LogP contribution in [0.3, 0.4) is 0 Å². The Morgan fingerprint density at radius 2 is 1.68 bits per heavy atom. The molecule has 1 fully saturated rings. The molecule has 25 heavy (non-hydrogen) atoms. The molecule has 0 radical (unpaired) electrons. The van der Waals surface area contributed by atoms with Crippen LogP contribution in [0.5, 0.6) is 5.75 Å². The lowest BCUT2D eigenvalue weighted by Crippen LogP contribution is -2.45. The fourth-order valence-electron chi connectivity index (χ4n) is 3.57. The van der Waals surface area contributed by atoms with Crippen molar-refractivity contribution in [3.05, 3.63) is 59.2 Å². The van der Waals surface area contributed by atoms with E-state index < -0.39 is 0 Å². The molecule has 0 unspecified atom stereocenters. The van der Waals surface area contributed by atoms with Gasteiger partial charge in [0, 0.05) is 5.69 Å². The van der Waals surface area contributed by atoms with Gasteiger partial charge < -0.3 is 15.4 Å². The normalized spacial score (nSPS) is 15.6. The van der Waals surface area contributed by atoms with Gasteiger partial charge in [-0.25, -0.2) is 0 Å². The molecular weight excluding hydrogens is 328 g/mol. The summed E-state index contributed by atoms with van der Waals surface area (Å²) in [6, 6.07) is 14.7. The third kappa shape index (κ3) is 3.96. The molecule has 3 nitrogen and oxygen atoms in total. The number of benzene rings is 2. The zero-order chi connectivity index (χ0) is 17.9. The Labute approximate surface area is 155 Å². The van der Waals surface area contributed by atoms with Crippen LogP contribution in [0.4, 0.5) is 5.69 Å². The first-order valence-electron chi connectivity index (χ1n) is 8.83. The molecule has 0 atom stereocenters. The highest BCUT2D eigenvalue weighted by molar-refractivity contribution is 7.80. The summed E-state index contributed by atoms with van der Waals surface area (Å²) in [4.78, 5) is 0. The molecule has 132 valence electrons. The number of ether oxygens (including phenoxy) is 1. The van der Waals surface area contributed by atoms with Crippen molar-refractivity contribution in [3.8, 4) is 5.75 Å². The third-order valence-electron chi connectivity index (χ3n) is 5.22. The number of anilines is 1. The third-order valence-corrected chi connectivity index (χ3v) is 5.42. The van der Waals surface area contributed by atoms with Crippen molar-refractivity contribution in [1.29, 1.82) is 0 Å². The summed E-state index contributed by atoms with van der Waals surface area (Å²) in [6.45, 7) is 4.24. The van der Waals surface area contributed by atoms with Crippen molar-refractivity contribution in [3.63, 3.8) is 0 Å². The van der Waals surface area contributed by atoms with Crippen molar-refractivity contribution < 1.29 is 4.74 Å². The molecule has 1 aliphatic rings. The number of nitrogens with one attached hydrogen (secondary N) is 2. The van der Waals surface area contributed by atoms with Gasteiger partial charge in [-0.15, -0.1) is 0 Å². The molecule has 2 N–H and O–H groups in total. The van der Waals surface area contributed by atoms with Crippen LogP contribution in [-0.4, -0.2) is 12.2 Å². The SMILES string of the molecule is COc1ccc(C2(NC(=S)Nc3ccc(C)c(C)c3)CCCC2)cc1. The predicted octanol–water partition coefficient (Wildman–Crippen LogP) is 5.07. The molecule has 0 amide bonds. The summed E-state index contributed by atoms with van der Waals surface area (Å²) < 4.78 is 5.29. The first kappa shape index (κ1) is 17.7. The zero-order valence-corrected chi connectivity index (χ0v) is 16.0. The molecule has 2 aromatic rings.